The normalized spacial score (nSPS) is 11.0. The third-order valence-corrected chi connectivity index (χ3v) is 4.15. The van der Waals surface area contributed by atoms with Crippen LogP contribution in [0.2, 0.25) is 0 Å². The van der Waals surface area contributed by atoms with E-state index >= 15 is 0 Å². The molecule has 1 aromatic carbocycles. The Morgan fingerprint density at radius 1 is 0.850 bits per heavy atom. The Morgan fingerprint density at radius 3 is 1.95 bits per heavy atom. The van der Waals surface area contributed by atoms with Gasteiger partial charge in [0.05, 0.1) is 6.61 Å². The molecule has 0 atom stereocenters. The highest BCUT2D eigenvalue weighted by molar-refractivity contribution is 9.09. The molecule has 0 radical (unpaired) electrons. The molecular weight excluding hydrogens is 312 g/mol. The molecule has 0 aliphatic heterocycles. The summed E-state index contributed by atoms with van der Waals surface area (Å²) in [6.07, 6.45) is 9.24. The first-order valence-electron chi connectivity index (χ1n) is 8.02. The summed E-state index contributed by atoms with van der Waals surface area (Å²) in [5, 5.41) is 1.15. The maximum atomic E-state index is 5.78. The molecule has 0 amide bonds. The Kier molecular flexibility index (Phi) is 9.82. The number of benzene rings is 1. The van der Waals surface area contributed by atoms with E-state index in [1.54, 1.807) is 0 Å². The second-order valence-corrected chi connectivity index (χ2v) is 6.53. The van der Waals surface area contributed by atoms with Gasteiger partial charge in [-0.05, 0) is 36.5 Å². The van der Waals surface area contributed by atoms with E-state index < -0.39 is 0 Å². The molecule has 0 saturated carbocycles. The first kappa shape index (κ1) is 17.6. The van der Waals surface area contributed by atoms with E-state index in [0.717, 1.165) is 17.7 Å². The Morgan fingerprint density at radius 2 is 1.40 bits per heavy atom. The molecule has 0 aliphatic rings. The van der Waals surface area contributed by atoms with Gasteiger partial charge in [0.2, 0.25) is 0 Å². The van der Waals surface area contributed by atoms with Crippen molar-refractivity contribution >= 4 is 15.9 Å². The van der Waals surface area contributed by atoms with Gasteiger partial charge in [-0.15, -0.1) is 0 Å². The zero-order valence-electron chi connectivity index (χ0n) is 13.0. The van der Waals surface area contributed by atoms with Crippen LogP contribution in [0.1, 0.15) is 70.3 Å². The zero-order valence-corrected chi connectivity index (χ0v) is 14.6. The van der Waals surface area contributed by atoms with E-state index in [4.69, 9.17) is 4.74 Å². The molecule has 1 aromatic rings. The van der Waals surface area contributed by atoms with E-state index in [1.807, 2.05) is 0 Å². The Hall–Kier alpha value is -0.500. The number of halogens is 1. The van der Waals surface area contributed by atoms with Crippen molar-refractivity contribution in [2.45, 2.75) is 64.7 Å². The van der Waals surface area contributed by atoms with Gasteiger partial charge >= 0.3 is 0 Å². The molecule has 0 N–H and O–H groups in total. The van der Waals surface area contributed by atoms with Gasteiger partial charge in [-0.25, -0.2) is 0 Å². The lowest BCUT2D eigenvalue weighted by Gasteiger charge is -2.09. The molecule has 1 rings (SSSR count). The van der Waals surface area contributed by atoms with Crippen LogP contribution in [0.25, 0.3) is 0 Å². The summed E-state index contributed by atoms with van der Waals surface area (Å²) < 4.78 is 5.78. The van der Waals surface area contributed by atoms with Gasteiger partial charge in [0.1, 0.15) is 5.75 Å². The van der Waals surface area contributed by atoms with Gasteiger partial charge in [-0.2, -0.15) is 0 Å². The Labute approximate surface area is 133 Å². The van der Waals surface area contributed by atoms with Gasteiger partial charge in [0, 0.05) is 5.33 Å². The SMILES string of the molecule is CC(C)c1ccc(OCCCCCCCCCBr)cc1. The van der Waals surface area contributed by atoms with Crippen LogP contribution >= 0.6 is 15.9 Å². The second kappa shape index (κ2) is 11.2. The molecule has 2 heteroatoms. The van der Waals surface area contributed by atoms with Gasteiger partial charge in [-0.1, -0.05) is 74.0 Å². The minimum Gasteiger partial charge on any atom is -0.494 e. The fraction of sp³-hybridized carbons (Fsp3) is 0.667. The minimum absolute atomic E-state index is 0.591. The van der Waals surface area contributed by atoms with Crippen molar-refractivity contribution in [3.8, 4) is 5.75 Å². The number of ether oxygens (including phenoxy) is 1. The predicted molar refractivity (Wildman–Crippen MR) is 92.1 cm³/mol. The van der Waals surface area contributed by atoms with Crippen LogP contribution in [0.4, 0.5) is 0 Å². The van der Waals surface area contributed by atoms with Crippen LogP contribution in [-0.2, 0) is 0 Å². The lowest BCUT2D eigenvalue weighted by atomic mass is 10.0. The minimum atomic E-state index is 0.591. The average Bonchev–Trinajstić information content (AvgIpc) is 2.46. The highest BCUT2D eigenvalue weighted by Crippen LogP contribution is 2.18. The summed E-state index contributed by atoms with van der Waals surface area (Å²) >= 11 is 3.47. The van der Waals surface area contributed by atoms with Crippen molar-refractivity contribution < 1.29 is 4.74 Å². The molecule has 0 bridgehead atoms. The summed E-state index contributed by atoms with van der Waals surface area (Å²) in [7, 11) is 0. The topological polar surface area (TPSA) is 9.23 Å². The summed E-state index contributed by atoms with van der Waals surface area (Å²) in [4.78, 5) is 0. The maximum absolute atomic E-state index is 5.78. The Balaban J connectivity index is 2.01. The predicted octanol–water partition coefficient (Wildman–Crippen LogP) is 6.31. The standard InChI is InChI=1S/C18H29BrO/c1-16(2)17-10-12-18(13-11-17)20-15-9-7-5-3-4-6-8-14-19/h10-13,16H,3-9,14-15H2,1-2H3. The molecule has 0 aliphatic carbocycles. The monoisotopic (exact) mass is 340 g/mol. The third kappa shape index (κ3) is 7.94. The largest absolute Gasteiger partial charge is 0.494 e. The molecule has 0 heterocycles. The van der Waals surface area contributed by atoms with Crippen LogP contribution in [0, 0.1) is 0 Å². The van der Waals surface area contributed by atoms with E-state index in [2.05, 4.69) is 54.0 Å². The fourth-order valence-electron chi connectivity index (χ4n) is 2.22. The summed E-state index contributed by atoms with van der Waals surface area (Å²) in [6.45, 7) is 5.28. The lowest BCUT2D eigenvalue weighted by Crippen LogP contribution is -1.97. The van der Waals surface area contributed by atoms with Crippen LogP contribution in [0.3, 0.4) is 0 Å². The molecule has 114 valence electrons. The smallest absolute Gasteiger partial charge is 0.119 e. The lowest BCUT2D eigenvalue weighted by molar-refractivity contribution is 0.304. The molecule has 0 saturated heterocycles. The summed E-state index contributed by atoms with van der Waals surface area (Å²) in [5.74, 6) is 1.60. The van der Waals surface area contributed by atoms with Crippen molar-refractivity contribution in [2.75, 3.05) is 11.9 Å². The van der Waals surface area contributed by atoms with Crippen molar-refractivity contribution in [3.63, 3.8) is 0 Å². The van der Waals surface area contributed by atoms with Gasteiger partial charge in [-0.3, -0.25) is 0 Å². The first-order valence-corrected chi connectivity index (χ1v) is 9.15. The van der Waals surface area contributed by atoms with Crippen molar-refractivity contribution in [1.29, 1.82) is 0 Å². The first-order chi connectivity index (χ1) is 9.74. The van der Waals surface area contributed by atoms with Crippen LogP contribution < -0.4 is 4.74 Å². The van der Waals surface area contributed by atoms with E-state index in [9.17, 15) is 0 Å². The molecule has 0 spiro atoms. The fourth-order valence-corrected chi connectivity index (χ4v) is 2.62. The van der Waals surface area contributed by atoms with Crippen LogP contribution in [0.15, 0.2) is 24.3 Å². The van der Waals surface area contributed by atoms with Crippen LogP contribution in [0.5, 0.6) is 5.75 Å². The van der Waals surface area contributed by atoms with E-state index in [0.29, 0.717) is 5.92 Å². The molecule has 20 heavy (non-hydrogen) atoms. The van der Waals surface area contributed by atoms with Crippen LogP contribution in [-0.4, -0.2) is 11.9 Å². The number of alkyl halides is 1. The number of hydrogen-bond acceptors (Lipinski definition) is 1. The second-order valence-electron chi connectivity index (χ2n) is 5.74. The van der Waals surface area contributed by atoms with E-state index in [-0.39, 0.29) is 0 Å². The number of hydrogen-bond donors (Lipinski definition) is 0. The summed E-state index contributed by atoms with van der Waals surface area (Å²) in [6, 6.07) is 8.53. The third-order valence-electron chi connectivity index (χ3n) is 3.59. The number of rotatable bonds is 11. The van der Waals surface area contributed by atoms with Crippen molar-refractivity contribution in [3.05, 3.63) is 29.8 Å². The van der Waals surface area contributed by atoms with Crippen molar-refractivity contribution in [2.24, 2.45) is 0 Å². The van der Waals surface area contributed by atoms with Gasteiger partial charge in [0.25, 0.3) is 0 Å². The van der Waals surface area contributed by atoms with E-state index in [1.165, 1.54) is 50.5 Å². The maximum Gasteiger partial charge on any atom is 0.119 e. The number of unbranched alkanes of at least 4 members (excludes halogenated alkanes) is 6. The average molecular weight is 341 g/mol. The molecule has 0 aromatic heterocycles. The molecule has 1 nitrogen and oxygen atoms in total. The zero-order chi connectivity index (χ0) is 14.6. The van der Waals surface area contributed by atoms with Crippen molar-refractivity contribution in [1.82, 2.24) is 0 Å². The Bertz CT molecular complexity index is 332. The van der Waals surface area contributed by atoms with Gasteiger partial charge < -0.3 is 4.74 Å². The summed E-state index contributed by atoms with van der Waals surface area (Å²) in [5.41, 5.74) is 1.38. The quantitative estimate of drug-likeness (QED) is 0.338. The molecule has 0 unspecified atom stereocenters. The molecule has 0 fully saturated rings. The molecular formula is C18H29BrO. The highest BCUT2D eigenvalue weighted by atomic mass is 79.9. The van der Waals surface area contributed by atoms with Gasteiger partial charge in [0.15, 0.2) is 0 Å². The highest BCUT2D eigenvalue weighted by Gasteiger charge is 1.99.